The van der Waals surface area contributed by atoms with Crippen LogP contribution in [0.5, 0.6) is 0 Å². The predicted octanol–water partition coefficient (Wildman–Crippen LogP) is 11.7. The summed E-state index contributed by atoms with van der Waals surface area (Å²) in [5.41, 5.74) is 8.60. The molecule has 0 saturated heterocycles. The van der Waals surface area contributed by atoms with Gasteiger partial charge in [-0.25, -0.2) is 0 Å². The Morgan fingerprint density at radius 3 is 2.38 bits per heavy atom. The summed E-state index contributed by atoms with van der Waals surface area (Å²) >= 11 is 1.91. The van der Waals surface area contributed by atoms with Gasteiger partial charge in [-0.3, -0.25) is 0 Å². The van der Waals surface area contributed by atoms with Crippen molar-refractivity contribution in [2.24, 2.45) is 11.3 Å². The summed E-state index contributed by atoms with van der Waals surface area (Å²) in [6.45, 7) is 7.82. The van der Waals surface area contributed by atoms with Crippen molar-refractivity contribution in [3.05, 3.63) is 139 Å². The average molecular weight is 922 g/mol. The number of furan rings is 1. The molecular formula is C47H45GeIrN2O-2. The van der Waals surface area contributed by atoms with Gasteiger partial charge in [-0.2, -0.15) is 0 Å². The second-order valence-corrected chi connectivity index (χ2v) is 15.6. The largest absolute Gasteiger partial charge is 0 e. The van der Waals surface area contributed by atoms with Crippen LogP contribution < -0.4 is 4.40 Å². The monoisotopic (exact) mass is 923 g/mol. The predicted molar refractivity (Wildman–Crippen MR) is 213 cm³/mol. The molecule has 52 heavy (non-hydrogen) atoms. The Morgan fingerprint density at radius 1 is 0.846 bits per heavy atom. The van der Waals surface area contributed by atoms with Crippen molar-refractivity contribution >= 4 is 42.8 Å². The summed E-state index contributed by atoms with van der Waals surface area (Å²) in [7, 11) is 0. The molecule has 0 amide bonds. The van der Waals surface area contributed by atoms with Crippen LogP contribution in [0.2, 0.25) is 0 Å². The normalized spacial score (nSPS) is 15.8. The molecule has 7 aromatic rings. The van der Waals surface area contributed by atoms with Crippen LogP contribution in [0, 0.1) is 23.5 Å². The number of nitrogens with zero attached hydrogens (tertiary/aromatic N) is 2. The molecular weight excluding hydrogens is 873 g/mol. The summed E-state index contributed by atoms with van der Waals surface area (Å²) in [6, 6.07) is 40.9. The Morgan fingerprint density at radius 2 is 1.63 bits per heavy atom. The van der Waals surface area contributed by atoms with Crippen molar-refractivity contribution in [2.75, 3.05) is 0 Å². The Balaban J connectivity index is 0.000000211. The van der Waals surface area contributed by atoms with Crippen molar-refractivity contribution in [2.45, 2.75) is 72.1 Å². The number of fused-ring (bicyclic) bond motifs is 3. The van der Waals surface area contributed by atoms with E-state index in [4.69, 9.17) is 7.16 Å². The van der Waals surface area contributed by atoms with Gasteiger partial charge in [-0.1, -0.05) is 85.2 Å². The van der Waals surface area contributed by atoms with Crippen molar-refractivity contribution in [1.82, 2.24) is 9.97 Å². The number of benzene rings is 4. The van der Waals surface area contributed by atoms with Crippen LogP contribution in [-0.4, -0.2) is 26.5 Å². The zero-order valence-corrected chi connectivity index (χ0v) is 34.7. The van der Waals surface area contributed by atoms with Crippen molar-refractivity contribution in [3.8, 4) is 33.6 Å². The second kappa shape index (κ2) is 16.9. The summed E-state index contributed by atoms with van der Waals surface area (Å²) in [4.78, 5) is 9.09. The van der Waals surface area contributed by atoms with Crippen LogP contribution in [0.3, 0.4) is 0 Å². The molecule has 1 atom stereocenters. The quantitative estimate of drug-likeness (QED) is 0.123. The van der Waals surface area contributed by atoms with E-state index in [9.17, 15) is 1.37 Å². The Labute approximate surface area is 335 Å². The maximum absolute atomic E-state index is 9.22. The van der Waals surface area contributed by atoms with E-state index in [-0.39, 0.29) is 20.1 Å². The van der Waals surface area contributed by atoms with E-state index in [1.165, 1.54) is 30.4 Å². The number of pyridine rings is 2. The Bertz CT molecular complexity index is 2380. The van der Waals surface area contributed by atoms with E-state index < -0.39 is 17.7 Å². The molecule has 5 heteroatoms. The molecule has 1 aliphatic carbocycles. The van der Waals surface area contributed by atoms with Crippen molar-refractivity contribution in [3.63, 3.8) is 0 Å². The van der Waals surface area contributed by atoms with Gasteiger partial charge >= 0.3 is 121 Å². The minimum Gasteiger partial charge on any atom is 0 e. The van der Waals surface area contributed by atoms with Crippen LogP contribution in [0.1, 0.15) is 80.9 Å². The van der Waals surface area contributed by atoms with E-state index >= 15 is 0 Å². The van der Waals surface area contributed by atoms with Gasteiger partial charge in [-0.05, 0) is 59.7 Å². The fourth-order valence-corrected chi connectivity index (χ4v) is 7.41. The number of aromatic nitrogens is 2. The summed E-state index contributed by atoms with van der Waals surface area (Å²) in [5, 5.41) is 2.16. The minimum absolute atomic E-state index is 0. The molecule has 8 rings (SSSR count). The van der Waals surface area contributed by atoms with Crippen LogP contribution in [0.4, 0.5) is 0 Å². The van der Waals surface area contributed by atoms with E-state index in [0.29, 0.717) is 11.5 Å². The molecule has 1 saturated carbocycles. The molecule has 0 bridgehead atoms. The average Bonchev–Trinajstić information content (AvgIpc) is 3.57. The van der Waals surface area contributed by atoms with Gasteiger partial charge in [0.05, 0.1) is 5.58 Å². The van der Waals surface area contributed by atoms with Crippen LogP contribution >= 0.6 is 0 Å². The van der Waals surface area contributed by atoms with E-state index in [0.717, 1.165) is 67.3 Å². The SMILES string of the molecule is [2H]C(C)(c1ccnc(-c2[c-]ccc3c2oc2ccc(-c4ccccc4)cc23)c1)C1CCCCC1.[2H]C([2H])(c1cc(-c2[c-]cccc2)nc[c]1[Ge])C(C)(C)C.[Ir]. The summed E-state index contributed by atoms with van der Waals surface area (Å²) in [5.74, 6) is -0.233. The van der Waals surface area contributed by atoms with Gasteiger partial charge in [0.2, 0.25) is 0 Å². The molecule has 264 valence electrons. The molecule has 1 fully saturated rings. The number of hydrogen-bond acceptors (Lipinski definition) is 3. The molecule has 3 nitrogen and oxygen atoms in total. The van der Waals surface area contributed by atoms with E-state index in [2.05, 4.69) is 83.6 Å². The maximum atomic E-state index is 9.22. The van der Waals surface area contributed by atoms with Crippen LogP contribution in [-0.2, 0) is 26.5 Å². The van der Waals surface area contributed by atoms with Gasteiger partial charge in [0, 0.05) is 33.1 Å². The number of rotatable bonds is 6. The summed E-state index contributed by atoms with van der Waals surface area (Å²) < 4.78 is 33.3. The molecule has 3 aromatic heterocycles. The van der Waals surface area contributed by atoms with Crippen LogP contribution in [0.15, 0.2) is 120 Å². The summed E-state index contributed by atoms with van der Waals surface area (Å²) in [6.07, 6.45) is 8.19. The molecule has 3 heterocycles. The molecule has 1 aliphatic rings. The maximum Gasteiger partial charge on any atom is 0 e. The van der Waals surface area contributed by atoms with Gasteiger partial charge < -0.3 is 9.40 Å². The first-order chi connectivity index (χ1) is 25.8. The Kier molecular flexibility index (Phi) is 11.0. The third-order valence-electron chi connectivity index (χ3n) is 9.63. The van der Waals surface area contributed by atoms with Gasteiger partial charge in [0.15, 0.2) is 0 Å². The second-order valence-electron chi connectivity index (χ2n) is 14.5. The molecule has 4 aromatic carbocycles. The number of hydrogen-bond donors (Lipinski definition) is 0. The first kappa shape index (κ1) is 34.0. The van der Waals surface area contributed by atoms with Gasteiger partial charge in [-0.15, -0.1) is 18.2 Å². The van der Waals surface area contributed by atoms with E-state index in [1.54, 1.807) is 6.20 Å². The third-order valence-corrected chi connectivity index (χ3v) is 10.5. The smallest absolute Gasteiger partial charge is 0 e. The van der Waals surface area contributed by atoms with Crippen molar-refractivity contribution in [1.29, 1.82) is 0 Å². The standard InChI is InChI=1S/C31H28NO.C16H17GeN.Ir/c1-21(22-9-4-2-5-10-22)24-17-18-32-29(20-24)27-14-8-13-26-28-19-25(23-11-6-3-7-12-23)15-16-30(28)33-31(26)27;1-16(2,3)10-13-9-15(18-11-14(13)17)12-7-5-4-6-8-12;/h3,6-8,11-13,15-22H,2,4-5,9-10H2,1H3;4-7,9,11H,10H2,1-3H3;/q2*-1;/i21D;10D2;. The fourth-order valence-electron chi connectivity index (χ4n) is 6.99. The molecule has 0 N–H and O–H groups in total. The first-order valence-electron chi connectivity index (χ1n) is 19.4. The molecule has 1 unspecified atom stereocenters. The van der Waals surface area contributed by atoms with Gasteiger partial charge in [0.1, 0.15) is 5.58 Å². The first-order valence-corrected chi connectivity index (χ1v) is 19.0. The Hall–Kier alpha value is -3.83. The molecule has 0 spiro atoms. The van der Waals surface area contributed by atoms with Crippen molar-refractivity contribution < 1.29 is 28.6 Å². The van der Waals surface area contributed by atoms with Gasteiger partial charge in [0.25, 0.3) is 0 Å². The third kappa shape index (κ3) is 8.85. The zero-order valence-electron chi connectivity index (χ0n) is 33.2. The minimum atomic E-state index is -1.41. The fraction of sp³-hybridized carbons (Fsp3) is 0.277. The molecule has 4 radical (unpaired) electrons. The molecule has 0 aliphatic heterocycles. The topological polar surface area (TPSA) is 38.9 Å². The van der Waals surface area contributed by atoms with E-state index in [1.807, 2.05) is 92.0 Å². The van der Waals surface area contributed by atoms with Crippen LogP contribution in [0.25, 0.3) is 55.6 Å². The zero-order chi connectivity index (χ0) is 38.1.